The Morgan fingerprint density at radius 2 is 1.27 bits per heavy atom. The van der Waals surface area contributed by atoms with E-state index in [1.54, 1.807) is 0 Å². The van der Waals surface area contributed by atoms with Crippen molar-refractivity contribution in [3.63, 3.8) is 0 Å². The summed E-state index contributed by atoms with van der Waals surface area (Å²) in [6.07, 6.45) is 5.92. The summed E-state index contributed by atoms with van der Waals surface area (Å²) in [4.78, 5) is 0. The first-order valence-electron chi connectivity index (χ1n) is 15.4. The Morgan fingerprint density at radius 1 is 0.556 bits per heavy atom. The van der Waals surface area contributed by atoms with Gasteiger partial charge in [-0.1, -0.05) is 133 Å². The van der Waals surface area contributed by atoms with Crippen LogP contribution in [-0.4, -0.2) is 4.57 Å². The maximum Gasteiger partial charge on any atom is 0.0619 e. The number of fused-ring (bicyclic) bond motifs is 6. The minimum atomic E-state index is 0.759. The molecule has 1 aromatic heterocycles. The number of rotatable bonds is 5. The first-order chi connectivity index (χ1) is 22.2. The highest BCUT2D eigenvalue weighted by Gasteiger charge is 2.16. The molecule has 0 bridgehead atoms. The summed E-state index contributed by atoms with van der Waals surface area (Å²) in [6.45, 7) is 2.00. The van der Waals surface area contributed by atoms with Crippen LogP contribution in [0.1, 0.15) is 12.5 Å². The van der Waals surface area contributed by atoms with Gasteiger partial charge >= 0.3 is 0 Å². The lowest BCUT2D eigenvalue weighted by atomic mass is 9.96. The Hall–Kier alpha value is -5.86. The number of para-hydroxylation sites is 1. The molecule has 1 heterocycles. The van der Waals surface area contributed by atoms with E-state index in [1.807, 2.05) is 25.2 Å². The molecule has 45 heavy (non-hydrogen) atoms. The monoisotopic (exact) mass is 576 g/mol. The Kier molecular flexibility index (Phi) is 6.54. The first kappa shape index (κ1) is 26.7. The number of nitrogens with two attached hydrogens (primary N) is 1. The molecule has 0 aliphatic rings. The van der Waals surface area contributed by atoms with Crippen molar-refractivity contribution in [2.45, 2.75) is 6.92 Å². The number of aromatic nitrogens is 1. The van der Waals surface area contributed by atoms with Crippen LogP contribution in [0.5, 0.6) is 0 Å². The molecule has 0 saturated carbocycles. The molecular weight excluding hydrogens is 544 g/mol. The summed E-state index contributed by atoms with van der Waals surface area (Å²) < 4.78 is 2.42. The summed E-state index contributed by atoms with van der Waals surface area (Å²) in [6, 6.07) is 52.7. The van der Waals surface area contributed by atoms with Crippen LogP contribution in [0, 0.1) is 0 Å². The molecule has 8 rings (SSSR count). The third kappa shape index (κ3) is 4.59. The van der Waals surface area contributed by atoms with E-state index in [1.165, 1.54) is 65.6 Å². The van der Waals surface area contributed by atoms with Gasteiger partial charge in [0.15, 0.2) is 0 Å². The van der Waals surface area contributed by atoms with Gasteiger partial charge in [0, 0.05) is 27.5 Å². The fraction of sp³-hybridized carbons (Fsp3) is 0.0233. The summed E-state index contributed by atoms with van der Waals surface area (Å²) in [7, 11) is 0. The zero-order valence-electron chi connectivity index (χ0n) is 25.1. The van der Waals surface area contributed by atoms with Crippen molar-refractivity contribution in [1.82, 2.24) is 4.57 Å². The minimum absolute atomic E-state index is 0.759. The normalized spacial score (nSPS) is 12.2. The fourth-order valence-corrected chi connectivity index (χ4v) is 6.66. The summed E-state index contributed by atoms with van der Waals surface area (Å²) >= 11 is 0. The van der Waals surface area contributed by atoms with Gasteiger partial charge in [0.2, 0.25) is 0 Å². The maximum absolute atomic E-state index is 6.41. The second-order valence-corrected chi connectivity index (χ2v) is 11.6. The fourth-order valence-electron chi connectivity index (χ4n) is 6.66. The van der Waals surface area contributed by atoms with Gasteiger partial charge in [-0.3, -0.25) is 0 Å². The second-order valence-electron chi connectivity index (χ2n) is 11.6. The molecule has 2 N–H and O–H groups in total. The molecule has 0 aliphatic heterocycles. The summed E-state index contributed by atoms with van der Waals surface area (Å²) in [5, 5.41) is 7.39. The molecule has 0 unspecified atom stereocenters. The van der Waals surface area contributed by atoms with E-state index in [9.17, 15) is 0 Å². The van der Waals surface area contributed by atoms with Gasteiger partial charge in [0.1, 0.15) is 0 Å². The standard InChI is InChI=1S/C43H32N2/c1-2-3-16-41(44)34-23-24-38-33(27-34)22-26-40-39-25-21-32(28-42(39)45(43(38)40)35-12-5-4-6-13-35)29-17-19-31(20-18-29)37-15-9-11-30-10-7-8-14-36(30)37/h2-28H,44H2,1H3/b3-2-,41-16-. The SMILES string of the molecule is C/C=C\C=C(/N)c1ccc2c(ccc3c4ccc(-c5ccc(-c6cccc7ccccc67)cc5)cc4n(-c4ccccc4)c23)c1. The highest BCUT2D eigenvalue weighted by atomic mass is 15.0. The van der Waals surface area contributed by atoms with Crippen LogP contribution < -0.4 is 5.73 Å². The van der Waals surface area contributed by atoms with Crippen molar-refractivity contribution in [1.29, 1.82) is 0 Å². The lowest BCUT2D eigenvalue weighted by molar-refractivity contribution is 1.19. The first-order valence-corrected chi connectivity index (χ1v) is 15.4. The number of nitrogens with zero attached hydrogens (tertiary/aromatic N) is 1. The van der Waals surface area contributed by atoms with Gasteiger partial charge < -0.3 is 10.3 Å². The van der Waals surface area contributed by atoms with Crippen molar-refractivity contribution in [3.05, 3.63) is 169 Å². The lowest BCUT2D eigenvalue weighted by Gasteiger charge is -2.12. The van der Waals surface area contributed by atoms with E-state index >= 15 is 0 Å². The van der Waals surface area contributed by atoms with Crippen molar-refractivity contribution in [2.24, 2.45) is 5.73 Å². The van der Waals surface area contributed by atoms with Gasteiger partial charge in [-0.25, -0.2) is 0 Å². The van der Waals surface area contributed by atoms with Crippen LogP contribution in [0.25, 0.3) is 77.0 Å². The third-order valence-corrected chi connectivity index (χ3v) is 8.88. The molecule has 2 nitrogen and oxygen atoms in total. The molecule has 2 heteroatoms. The zero-order valence-corrected chi connectivity index (χ0v) is 25.1. The highest BCUT2D eigenvalue weighted by Crippen LogP contribution is 2.39. The minimum Gasteiger partial charge on any atom is -0.398 e. The Morgan fingerprint density at radius 3 is 2.11 bits per heavy atom. The van der Waals surface area contributed by atoms with Crippen LogP contribution >= 0.6 is 0 Å². The van der Waals surface area contributed by atoms with Gasteiger partial charge in [0.05, 0.1) is 11.0 Å². The van der Waals surface area contributed by atoms with E-state index in [0.717, 1.165) is 16.9 Å². The lowest BCUT2D eigenvalue weighted by Crippen LogP contribution is -1.97. The van der Waals surface area contributed by atoms with E-state index in [0.29, 0.717) is 0 Å². The van der Waals surface area contributed by atoms with Gasteiger partial charge in [-0.15, -0.1) is 0 Å². The van der Waals surface area contributed by atoms with E-state index < -0.39 is 0 Å². The number of hydrogen-bond acceptors (Lipinski definition) is 1. The quantitative estimate of drug-likeness (QED) is 0.203. The highest BCUT2D eigenvalue weighted by molar-refractivity contribution is 6.19. The molecule has 0 spiro atoms. The van der Waals surface area contributed by atoms with Crippen LogP contribution in [0.15, 0.2) is 164 Å². The van der Waals surface area contributed by atoms with Crippen LogP contribution in [0.4, 0.5) is 0 Å². The third-order valence-electron chi connectivity index (χ3n) is 8.88. The molecule has 0 aliphatic carbocycles. The van der Waals surface area contributed by atoms with Gasteiger partial charge in [-0.05, 0) is 81.2 Å². The molecule has 0 radical (unpaired) electrons. The smallest absolute Gasteiger partial charge is 0.0619 e. The van der Waals surface area contributed by atoms with Crippen molar-refractivity contribution >= 4 is 49.0 Å². The van der Waals surface area contributed by atoms with E-state index in [-0.39, 0.29) is 0 Å². The molecule has 7 aromatic carbocycles. The van der Waals surface area contributed by atoms with Crippen molar-refractivity contribution < 1.29 is 0 Å². The number of hydrogen-bond donors (Lipinski definition) is 1. The van der Waals surface area contributed by atoms with Crippen LogP contribution in [0.2, 0.25) is 0 Å². The van der Waals surface area contributed by atoms with Gasteiger partial charge in [0.25, 0.3) is 0 Å². The summed E-state index contributed by atoms with van der Waals surface area (Å²) in [5.74, 6) is 0. The molecule has 0 atom stereocenters. The molecule has 0 amide bonds. The summed E-state index contributed by atoms with van der Waals surface area (Å²) in [5.41, 5.74) is 16.6. The van der Waals surface area contributed by atoms with Crippen molar-refractivity contribution in [2.75, 3.05) is 0 Å². The topological polar surface area (TPSA) is 30.9 Å². The largest absolute Gasteiger partial charge is 0.398 e. The van der Waals surface area contributed by atoms with E-state index in [4.69, 9.17) is 5.73 Å². The molecule has 0 saturated heterocycles. The predicted octanol–water partition coefficient (Wildman–Crippen LogP) is 11.3. The number of benzene rings is 7. The molecule has 0 fully saturated rings. The van der Waals surface area contributed by atoms with E-state index in [2.05, 4.69) is 150 Å². The molecule has 8 aromatic rings. The maximum atomic E-state index is 6.41. The predicted molar refractivity (Wildman–Crippen MR) is 194 cm³/mol. The van der Waals surface area contributed by atoms with Crippen molar-refractivity contribution in [3.8, 4) is 27.9 Å². The molecule has 214 valence electrons. The van der Waals surface area contributed by atoms with Gasteiger partial charge in [-0.2, -0.15) is 0 Å². The zero-order chi connectivity index (χ0) is 30.3. The van der Waals surface area contributed by atoms with Crippen LogP contribution in [0.3, 0.4) is 0 Å². The average molecular weight is 577 g/mol. The Labute approximate surface area is 263 Å². The second kappa shape index (κ2) is 11.0. The average Bonchev–Trinajstić information content (AvgIpc) is 3.44. The number of allylic oxidation sites excluding steroid dienone is 3. The Balaban J connectivity index is 1.30. The molecular formula is C43H32N2. The Bertz CT molecular complexity index is 2420. The van der Waals surface area contributed by atoms with Crippen LogP contribution in [-0.2, 0) is 0 Å².